The minimum Gasteiger partial charge on any atom is -0.484 e. The Kier molecular flexibility index (Phi) is 4.06. The highest BCUT2D eigenvalue weighted by Gasteiger charge is 2.25. The van der Waals surface area contributed by atoms with E-state index in [4.69, 9.17) is 4.74 Å². The van der Waals surface area contributed by atoms with Crippen LogP contribution in [0.4, 0.5) is 0 Å². The molecule has 1 aromatic heterocycles. The highest BCUT2D eigenvalue weighted by atomic mass is 32.1. The van der Waals surface area contributed by atoms with Crippen molar-refractivity contribution in [3.05, 3.63) is 64.4 Å². The zero-order chi connectivity index (χ0) is 15.6. The summed E-state index contributed by atoms with van der Waals surface area (Å²) in [6, 6.07) is 17.0. The summed E-state index contributed by atoms with van der Waals surface area (Å²) in [6.45, 7) is 5.39. The van der Waals surface area contributed by atoms with Crippen molar-refractivity contribution in [1.82, 2.24) is 4.90 Å². The molecule has 4 rings (SSSR count). The van der Waals surface area contributed by atoms with Crippen molar-refractivity contribution in [3.63, 3.8) is 0 Å². The van der Waals surface area contributed by atoms with Crippen LogP contribution in [0, 0.1) is 0 Å². The van der Waals surface area contributed by atoms with Crippen molar-refractivity contribution in [2.24, 2.45) is 0 Å². The number of rotatable bonds is 3. The van der Waals surface area contributed by atoms with E-state index in [1.807, 2.05) is 11.3 Å². The SMILES string of the molecule is CCN1CCc2sccc2C(Oc2cccc3ccccc23)C1. The van der Waals surface area contributed by atoms with Gasteiger partial charge in [-0.05, 0) is 35.9 Å². The molecule has 3 aromatic rings. The van der Waals surface area contributed by atoms with Gasteiger partial charge >= 0.3 is 0 Å². The first-order valence-electron chi connectivity index (χ1n) is 8.28. The van der Waals surface area contributed by atoms with Crippen LogP contribution in [0.1, 0.15) is 23.5 Å². The molecule has 2 nitrogen and oxygen atoms in total. The molecule has 0 aliphatic carbocycles. The molecule has 0 spiro atoms. The highest BCUT2D eigenvalue weighted by molar-refractivity contribution is 7.10. The summed E-state index contributed by atoms with van der Waals surface area (Å²) < 4.78 is 6.53. The van der Waals surface area contributed by atoms with Crippen molar-refractivity contribution in [2.75, 3.05) is 19.6 Å². The molecular formula is C20H21NOS. The molecular weight excluding hydrogens is 302 g/mol. The predicted octanol–water partition coefficient (Wildman–Crippen LogP) is 4.90. The van der Waals surface area contributed by atoms with Gasteiger partial charge in [-0.25, -0.2) is 0 Å². The molecule has 1 unspecified atom stereocenters. The average molecular weight is 323 g/mol. The van der Waals surface area contributed by atoms with E-state index in [1.165, 1.54) is 21.2 Å². The molecule has 2 aromatic carbocycles. The number of benzene rings is 2. The van der Waals surface area contributed by atoms with E-state index in [2.05, 4.69) is 65.7 Å². The molecule has 1 aliphatic heterocycles. The number of hydrogen-bond donors (Lipinski definition) is 0. The first-order valence-corrected chi connectivity index (χ1v) is 9.16. The van der Waals surface area contributed by atoms with Gasteiger partial charge in [0, 0.05) is 28.9 Å². The third kappa shape index (κ3) is 2.87. The Morgan fingerprint density at radius 3 is 2.91 bits per heavy atom. The van der Waals surface area contributed by atoms with Crippen LogP contribution >= 0.6 is 11.3 Å². The minimum atomic E-state index is 0.115. The number of likely N-dealkylation sites (N-methyl/N-ethyl adjacent to an activating group) is 1. The largest absolute Gasteiger partial charge is 0.484 e. The van der Waals surface area contributed by atoms with Crippen LogP contribution in [-0.4, -0.2) is 24.5 Å². The molecule has 1 aliphatic rings. The van der Waals surface area contributed by atoms with Crippen molar-refractivity contribution >= 4 is 22.1 Å². The smallest absolute Gasteiger partial charge is 0.137 e. The van der Waals surface area contributed by atoms with Crippen LogP contribution in [-0.2, 0) is 6.42 Å². The van der Waals surface area contributed by atoms with E-state index in [1.54, 1.807) is 0 Å². The normalized spacial score (nSPS) is 18.6. The van der Waals surface area contributed by atoms with E-state index in [0.717, 1.165) is 31.8 Å². The second kappa shape index (κ2) is 6.34. The predicted molar refractivity (Wildman–Crippen MR) is 97.5 cm³/mol. The molecule has 1 atom stereocenters. The van der Waals surface area contributed by atoms with Gasteiger partial charge in [-0.3, -0.25) is 4.90 Å². The van der Waals surface area contributed by atoms with Gasteiger partial charge in [0.05, 0.1) is 0 Å². The van der Waals surface area contributed by atoms with Gasteiger partial charge < -0.3 is 4.74 Å². The standard InChI is InChI=1S/C20H21NOS/c1-2-21-12-10-20-17(11-13-23-20)19(14-21)22-18-9-5-7-15-6-3-4-8-16(15)18/h3-9,11,13,19H,2,10,12,14H2,1H3. The fourth-order valence-electron chi connectivity index (χ4n) is 3.36. The lowest BCUT2D eigenvalue weighted by Crippen LogP contribution is -2.30. The van der Waals surface area contributed by atoms with Crippen LogP contribution in [0.2, 0.25) is 0 Å². The van der Waals surface area contributed by atoms with Crippen molar-refractivity contribution in [2.45, 2.75) is 19.4 Å². The minimum absolute atomic E-state index is 0.115. The molecule has 2 heterocycles. The second-order valence-corrected chi connectivity index (χ2v) is 7.03. The fraction of sp³-hybridized carbons (Fsp3) is 0.300. The first kappa shape index (κ1) is 14.7. The molecule has 0 saturated carbocycles. The van der Waals surface area contributed by atoms with Gasteiger partial charge in [-0.1, -0.05) is 43.3 Å². The van der Waals surface area contributed by atoms with Gasteiger partial charge in [0.15, 0.2) is 0 Å². The fourth-order valence-corrected chi connectivity index (χ4v) is 4.29. The summed E-state index contributed by atoms with van der Waals surface area (Å²) in [4.78, 5) is 3.97. The Bertz CT molecular complexity index is 805. The third-order valence-electron chi connectivity index (χ3n) is 4.67. The summed E-state index contributed by atoms with van der Waals surface area (Å²) in [5, 5.41) is 4.63. The van der Waals surface area contributed by atoms with E-state index in [9.17, 15) is 0 Å². The van der Waals surface area contributed by atoms with E-state index >= 15 is 0 Å². The van der Waals surface area contributed by atoms with Gasteiger partial charge in [0.2, 0.25) is 0 Å². The topological polar surface area (TPSA) is 12.5 Å². The molecule has 23 heavy (non-hydrogen) atoms. The lowest BCUT2D eigenvalue weighted by Gasteiger charge is -2.24. The van der Waals surface area contributed by atoms with Crippen LogP contribution < -0.4 is 4.74 Å². The Hall–Kier alpha value is -1.84. The Morgan fingerprint density at radius 2 is 2.00 bits per heavy atom. The summed E-state index contributed by atoms with van der Waals surface area (Å²) >= 11 is 1.86. The molecule has 0 radical (unpaired) electrons. The van der Waals surface area contributed by atoms with Gasteiger partial charge in [-0.2, -0.15) is 0 Å². The van der Waals surface area contributed by atoms with Crippen LogP contribution in [0.3, 0.4) is 0 Å². The lowest BCUT2D eigenvalue weighted by atomic mass is 10.1. The molecule has 118 valence electrons. The molecule has 0 fully saturated rings. The molecule has 0 amide bonds. The number of ether oxygens (including phenoxy) is 1. The molecule has 0 bridgehead atoms. The van der Waals surface area contributed by atoms with E-state index in [-0.39, 0.29) is 6.10 Å². The number of thiophene rings is 1. The quantitative estimate of drug-likeness (QED) is 0.680. The number of fused-ring (bicyclic) bond motifs is 2. The van der Waals surface area contributed by atoms with Crippen molar-refractivity contribution < 1.29 is 4.74 Å². The zero-order valence-corrected chi connectivity index (χ0v) is 14.2. The van der Waals surface area contributed by atoms with Crippen molar-refractivity contribution in [3.8, 4) is 5.75 Å². The van der Waals surface area contributed by atoms with Crippen LogP contribution in [0.5, 0.6) is 5.75 Å². The second-order valence-electron chi connectivity index (χ2n) is 6.03. The summed E-state index contributed by atoms with van der Waals surface area (Å²) in [5.41, 5.74) is 1.37. The van der Waals surface area contributed by atoms with Crippen LogP contribution in [0.25, 0.3) is 10.8 Å². The summed E-state index contributed by atoms with van der Waals surface area (Å²) in [6.07, 6.45) is 1.25. The molecule has 0 saturated heterocycles. The van der Waals surface area contributed by atoms with Crippen LogP contribution in [0.15, 0.2) is 53.9 Å². The Morgan fingerprint density at radius 1 is 1.13 bits per heavy atom. The average Bonchev–Trinajstić information content (AvgIpc) is 3.00. The van der Waals surface area contributed by atoms with E-state index in [0.29, 0.717) is 0 Å². The van der Waals surface area contributed by atoms with Gasteiger partial charge in [0.1, 0.15) is 11.9 Å². The monoisotopic (exact) mass is 323 g/mol. The maximum atomic E-state index is 6.53. The maximum Gasteiger partial charge on any atom is 0.137 e. The Balaban J connectivity index is 1.71. The number of hydrogen-bond acceptors (Lipinski definition) is 3. The summed E-state index contributed by atoms with van der Waals surface area (Å²) in [7, 11) is 0. The zero-order valence-electron chi connectivity index (χ0n) is 13.4. The first-order chi connectivity index (χ1) is 11.3. The molecule has 0 N–H and O–H groups in total. The van der Waals surface area contributed by atoms with E-state index < -0.39 is 0 Å². The Labute approximate surface area is 141 Å². The highest BCUT2D eigenvalue weighted by Crippen LogP contribution is 2.34. The van der Waals surface area contributed by atoms with Gasteiger partial charge in [0.25, 0.3) is 0 Å². The van der Waals surface area contributed by atoms with Crippen molar-refractivity contribution in [1.29, 1.82) is 0 Å². The lowest BCUT2D eigenvalue weighted by molar-refractivity contribution is 0.146. The summed E-state index contributed by atoms with van der Waals surface area (Å²) in [5.74, 6) is 0.989. The maximum absolute atomic E-state index is 6.53. The molecule has 3 heteroatoms. The third-order valence-corrected chi connectivity index (χ3v) is 5.67. The van der Waals surface area contributed by atoms with Gasteiger partial charge in [-0.15, -0.1) is 11.3 Å². The number of nitrogens with zero attached hydrogens (tertiary/aromatic N) is 1.